The van der Waals surface area contributed by atoms with Crippen molar-refractivity contribution in [3.8, 4) is 0 Å². The summed E-state index contributed by atoms with van der Waals surface area (Å²) in [7, 11) is 0. The molecule has 0 bridgehead atoms. The zero-order valence-corrected chi connectivity index (χ0v) is 17.1. The van der Waals surface area contributed by atoms with E-state index in [0.717, 1.165) is 0 Å². The second-order valence-electron chi connectivity index (χ2n) is 7.87. The summed E-state index contributed by atoms with van der Waals surface area (Å²) in [6, 6.07) is -1.07. The van der Waals surface area contributed by atoms with E-state index in [0.29, 0.717) is 0 Å². The van der Waals surface area contributed by atoms with Crippen LogP contribution in [0.4, 0.5) is 5.95 Å². The van der Waals surface area contributed by atoms with Crippen LogP contribution in [0.5, 0.6) is 0 Å². The molecular weight excluding hydrogens is 370 g/mol. The third-order valence-corrected chi connectivity index (χ3v) is 4.94. The lowest BCUT2D eigenvalue weighted by Gasteiger charge is -2.33. The SMILES string of the molecule is CC(N=O)C(C)(C)NC[C@H](Cn1ccnc1[N+](=O)[O-])ONC(C)(C)C(C)N=O. The van der Waals surface area contributed by atoms with E-state index in [4.69, 9.17) is 4.84 Å². The molecule has 0 aliphatic carbocycles. The number of imidazole rings is 1. The highest BCUT2D eigenvalue weighted by Gasteiger charge is 2.31. The van der Waals surface area contributed by atoms with Gasteiger partial charge < -0.3 is 15.4 Å². The molecule has 0 aliphatic heterocycles. The van der Waals surface area contributed by atoms with Gasteiger partial charge in [0.05, 0.1) is 5.54 Å². The topological polar surface area (TPSA) is 153 Å². The van der Waals surface area contributed by atoms with Crippen LogP contribution >= 0.6 is 0 Å². The van der Waals surface area contributed by atoms with Gasteiger partial charge in [-0.1, -0.05) is 15.3 Å². The number of hydrogen-bond donors (Lipinski definition) is 2. The number of aromatic nitrogens is 2. The van der Waals surface area contributed by atoms with Crippen molar-refractivity contribution in [1.82, 2.24) is 20.3 Å². The summed E-state index contributed by atoms with van der Waals surface area (Å²) in [6.07, 6.45) is 2.24. The van der Waals surface area contributed by atoms with Crippen LogP contribution in [0.2, 0.25) is 0 Å². The monoisotopic (exact) mass is 399 g/mol. The maximum Gasteiger partial charge on any atom is 0.434 e. The molecule has 0 radical (unpaired) electrons. The summed E-state index contributed by atoms with van der Waals surface area (Å²) < 4.78 is 1.36. The fourth-order valence-corrected chi connectivity index (χ4v) is 2.09. The van der Waals surface area contributed by atoms with Gasteiger partial charge in [0.25, 0.3) is 0 Å². The summed E-state index contributed by atoms with van der Waals surface area (Å²) >= 11 is 0. The largest absolute Gasteiger partial charge is 0.434 e. The third-order valence-electron chi connectivity index (χ3n) is 4.94. The van der Waals surface area contributed by atoms with Gasteiger partial charge >= 0.3 is 5.95 Å². The Labute approximate surface area is 163 Å². The molecule has 0 spiro atoms. The van der Waals surface area contributed by atoms with Crippen LogP contribution in [0.25, 0.3) is 0 Å². The van der Waals surface area contributed by atoms with Crippen LogP contribution in [-0.2, 0) is 11.4 Å². The van der Waals surface area contributed by atoms with Gasteiger partial charge in [0.2, 0.25) is 0 Å². The molecular formula is C16H29N7O5. The fourth-order valence-electron chi connectivity index (χ4n) is 2.09. The molecule has 158 valence electrons. The highest BCUT2D eigenvalue weighted by Crippen LogP contribution is 2.16. The standard InChI is InChI=1S/C16H29N7O5/c1-11(19-24)15(3,4)18-9-13(28-21-16(5,6)12(2)20-25)10-22-8-7-17-14(22)23(26)27/h7-8,11-13,18,21H,9-10H2,1-6H3/t11?,12?,13-/m1/s1. The van der Waals surface area contributed by atoms with E-state index in [9.17, 15) is 19.9 Å². The zero-order valence-electron chi connectivity index (χ0n) is 17.1. The molecule has 1 rings (SSSR count). The Bertz CT molecular complexity index is 646. The summed E-state index contributed by atoms with van der Waals surface area (Å²) in [4.78, 5) is 41.7. The van der Waals surface area contributed by atoms with Crippen LogP contribution in [0, 0.1) is 19.9 Å². The number of nitrogens with one attached hydrogen (secondary N) is 2. The van der Waals surface area contributed by atoms with Gasteiger partial charge in [-0.2, -0.15) is 15.3 Å². The van der Waals surface area contributed by atoms with E-state index in [2.05, 4.69) is 26.1 Å². The van der Waals surface area contributed by atoms with E-state index in [1.165, 1.54) is 17.0 Å². The van der Waals surface area contributed by atoms with Gasteiger partial charge in [-0.05, 0) is 46.5 Å². The second kappa shape index (κ2) is 9.75. The highest BCUT2D eigenvalue weighted by atomic mass is 16.7. The summed E-state index contributed by atoms with van der Waals surface area (Å²) in [5, 5.41) is 20.4. The average molecular weight is 399 g/mol. The Kier molecular flexibility index (Phi) is 8.27. The minimum atomic E-state index is -0.756. The third kappa shape index (κ3) is 6.39. The molecule has 2 unspecified atom stereocenters. The quantitative estimate of drug-likeness (QED) is 0.290. The van der Waals surface area contributed by atoms with Crippen molar-refractivity contribution >= 4 is 5.95 Å². The molecule has 1 aromatic heterocycles. The molecule has 1 heterocycles. The van der Waals surface area contributed by atoms with E-state index in [1.807, 2.05) is 13.8 Å². The predicted octanol–water partition coefficient (Wildman–Crippen LogP) is 2.14. The van der Waals surface area contributed by atoms with Crippen molar-refractivity contribution in [2.24, 2.45) is 10.4 Å². The zero-order chi connectivity index (χ0) is 21.5. The van der Waals surface area contributed by atoms with Crippen molar-refractivity contribution in [2.75, 3.05) is 6.54 Å². The normalized spacial score (nSPS) is 15.6. The predicted molar refractivity (Wildman–Crippen MR) is 104 cm³/mol. The molecule has 0 fully saturated rings. The van der Waals surface area contributed by atoms with Gasteiger partial charge in [-0.25, -0.2) is 4.57 Å². The van der Waals surface area contributed by atoms with Crippen LogP contribution in [0.15, 0.2) is 22.7 Å². The molecule has 3 atom stereocenters. The molecule has 0 amide bonds. The highest BCUT2D eigenvalue weighted by molar-refractivity contribution is 5.06. The molecule has 0 aliphatic rings. The average Bonchev–Trinajstić information content (AvgIpc) is 3.10. The minimum Gasteiger partial charge on any atom is -0.390 e. The molecule has 0 saturated heterocycles. The van der Waals surface area contributed by atoms with Crippen LogP contribution in [0.1, 0.15) is 41.5 Å². The molecule has 28 heavy (non-hydrogen) atoms. The molecule has 12 nitrogen and oxygen atoms in total. The summed E-state index contributed by atoms with van der Waals surface area (Å²) in [6.45, 7) is 10.9. The molecule has 0 saturated carbocycles. The summed E-state index contributed by atoms with van der Waals surface area (Å²) in [5.41, 5.74) is 1.46. The van der Waals surface area contributed by atoms with E-state index >= 15 is 0 Å². The van der Waals surface area contributed by atoms with Crippen LogP contribution in [0.3, 0.4) is 0 Å². The Hall–Kier alpha value is -2.31. The first-order valence-corrected chi connectivity index (χ1v) is 8.93. The number of rotatable bonds is 13. The van der Waals surface area contributed by atoms with Gasteiger partial charge in [0, 0.05) is 12.1 Å². The van der Waals surface area contributed by atoms with E-state index in [-0.39, 0.29) is 19.0 Å². The number of nitroso groups, excluding NO2 is 2. The van der Waals surface area contributed by atoms with Crippen molar-refractivity contribution in [3.05, 3.63) is 32.3 Å². The fraction of sp³-hybridized carbons (Fsp3) is 0.812. The van der Waals surface area contributed by atoms with Gasteiger partial charge in [0.1, 0.15) is 37.1 Å². The molecule has 0 aromatic carbocycles. The maximum absolute atomic E-state index is 11.1. The first-order chi connectivity index (χ1) is 12.9. The van der Waals surface area contributed by atoms with E-state index < -0.39 is 34.2 Å². The van der Waals surface area contributed by atoms with Crippen LogP contribution < -0.4 is 10.8 Å². The van der Waals surface area contributed by atoms with Gasteiger partial charge in [-0.3, -0.25) is 4.84 Å². The van der Waals surface area contributed by atoms with Crippen LogP contribution in [-0.4, -0.2) is 50.3 Å². The lowest BCUT2D eigenvalue weighted by atomic mass is 9.96. The van der Waals surface area contributed by atoms with Gasteiger partial charge in [0.15, 0.2) is 0 Å². The Morgan fingerprint density at radius 1 is 1.21 bits per heavy atom. The number of nitro groups is 1. The number of hydroxylamine groups is 1. The number of nitrogens with zero attached hydrogens (tertiary/aromatic N) is 5. The van der Waals surface area contributed by atoms with Crippen molar-refractivity contribution in [2.45, 2.75) is 77.4 Å². The van der Waals surface area contributed by atoms with Crippen molar-refractivity contribution < 1.29 is 9.76 Å². The molecule has 2 N–H and O–H groups in total. The lowest BCUT2D eigenvalue weighted by Crippen LogP contribution is -2.54. The smallest absolute Gasteiger partial charge is 0.390 e. The van der Waals surface area contributed by atoms with Crippen molar-refractivity contribution in [1.29, 1.82) is 0 Å². The summed E-state index contributed by atoms with van der Waals surface area (Å²) in [5.74, 6) is -0.307. The Balaban J connectivity index is 2.93. The Morgan fingerprint density at radius 3 is 2.32 bits per heavy atom. The second-order valence-corrected chi connectivity index (χ2v) is 7.87. The molecule has 12 heteroatoms. The van der Waals surface area contributed by atoms with Gasteiger partial charge in [-0.15, -0.1) is 0 Å². The molecule has 1 aromatic rings. The lowest BCUT2D eigenvalue weighted by molar-refractivity contribution is -0.397. The minimum absolute atomic E-state index is 0.119. The van der Waals surface area contributed by atoms with Crippen molar-refractivity contribution in [3.63, 3.8) is 0 Å². The number of hydrogen-bond acceptors (Lipinski definition) is 10. The van der Waals surface area contributed by atoms with E-state index in [1.54, 1.807) is 27.7 Å². The first-order valence-electron chi connectivity index (χ1n) is 8.93. The Morgan fingerprint density at radius 2 is 1.79 bits per heavy atom. The first kappa shape index (κ1) is 23.7. The maximum atomic E-state index is 11.1.